The van der Waals surface area contributed by atoms with Gasteiger partial charge in [-0.25, -0.2) is 0 Å². The predicted molar refractivity (Wildman–Crippen MR) is 89.7 cm³/mol. The van der Waals surface area contributed by atoms with Crippen LogP contribution in [0.5, 0.6) is 0 Å². The minimum atomic E-state index is 0.288. The molecule has 118 valence electrons. The van der Waals surface area contributed by atoms with Crippen molar-refractivity contribution >= 4 is 5.91 Å². The lowest BCUT2D eigenvalue weighted by atomic mass is 10.0. The number of benzene rings is 1. The molecule has 0 radical (unpaired) electrons. The van der Waals surface area contributed by atoms with Crippen LogP contribution in [0, 0.1) is 0 Å². The molecule has 3 rings (SSSR count). The van der Waals surface area contributed by atoms with Crippen molar-refractivity contribution in [1.29, 1.82) is 0 Å². The Balaban J connectivity index is 1.68. The van der Waals surface area contributed by atoms with Crippen molar-refractivity contribution in [2.24, 2.45) is 0 Å². The fraction of sp³-hybridized carbons (Fsp3) is 0.526. The van der Waals surface area contributed by atoms with Crippen molar-refractivity contribution in [3.8, 4) is 0 Å². The monoisotopic (exact) mass is 298 g/mol. The highest BCUT2D eigenvalue weighted by Crippen LogP contribution is 2.29. The van der Waals surface area contributed by atoms with E-state index in [4.69, 9.17) is 0 Å². The summed E-state index contributed by atoms with van der Waals surface area (Å²) < 4.78 is 0. The van der Waals surface area contributed by atoms with Gasteiger partial charge in [0.05, 0.1) is 0 Å². The second-order valence-corrected chi connectivity index (χ2v) is 6.48. The first-order valence-electron chi connectivity index (χ1n) is 8.46. The van der Waals surface area contributed by atoms with Gasteiger partial charge < -0.3 is 4.90 Å². The van der Waals surface area contributed by atoms with Gasteiger partial charge in [-0.15, -0.1) is 6.58 Å². The quantitative estimate of drug-likeness (QED) is 0.754. The van der Waals surface area contributed by atoms with E-state index >= 15 is 0 Å². The van der Waals surface area contributed by atoms with Gasteiger partial charge in [0.1, 0.15) is 0 Å². The molecule has 0 spiro atoms. The highest BCUT2D eigenvalue weighted by molar-refractivity contribution is 5.76. The Morgan fingerprint density at radius 1 is 1.23 bits per heavy atom. The van der Waals surface area contributed by atoms with Crippen LogP contribution in [0.3, 0.4) is 0 Å². The summed E-state index contributed by atoms with van der Waals surface area (Å²) in [4.78, 5) is 17.2. The van der Waals surface area contributed by atoms with Gasteiger partial charge in [0.2, 0.25) is 5.91 Å². The van der Waals surface area contributed by atoms with Crippen LogP contribution in [0.4, 0.5) is 0 Å². The van der Waals surface area contributed by atoms with E-state index in [2.05, 4.69) is 40.6 Å². The van der Waals surface area contributed by atoms with Gasteiger partial charge in [-0.05, 0) is 31.2 Å². The van der Waals surface area contributed by atoms with E-state index in [0.29, 0.717) is 12.5 Å². The fourth-order valence-corrected chi connectivity index (χ4v) is 3.41. The van der Waals surface area contributed by atoms with E-state index in [1.165, 1.54) is 18.4 Å². The van der Waals surface area contributed by atoms with Gasteiger partial charge in [-0.3, -0.25) is 9.69 Å². The minimum Gasteiger partial charge on any atom is -0.337 e. The van der Waals surface area contributed by atoms with Crippen LogP contribution in [-0.4, -0.2) is 47.4 Å². The third-order valence-electron chi connectivity index (χ3n) is 4.77. The molecule has 1 heterocycles. The number of hydrogen-bond donors (Lipinski definition) is 0. The van der Waals surface area contributed by atoms with Crippen LogP contribution in [0.1, 0.15) is 31.2 Å². The first-order chi connectivity index (χ1) is 10.8. The number of hydrogen-bond acceptors (Lipinski definition) is 2. The molecule has 3 nitrogen and oxygen atoms in total. The molecule has 3 heteroatoms. The number of nitrogens with zero attached hydrogens (tertiary/aromatic N) is 2. The Hall–Kier alpha value is -1.61. The second kappa shape index (κ2) is 7.10. The first kappa shape index (κ1) is 15.3. The predicted octanol–water partition coefficient (Wildman–Crippen LogP) is 2.87. The topological polar surface area (TPSA) is 23.6 Å². The number of carbonyl (C=O) groups is 1. The van der Waals surface area contributed by atoms with Gasteiger partial charge in [-0.2, -0.15) is 0 Å². The normalized spacial score (nSPS) is 22.5. The molecule has 1 unspecified atom stereocenters. The summed E-state index contributed by atoms with van der Waals surface area (Å²) in [6.07, 6.45) is 6.84. The van der Waals surface area contributed by atoms with Crippen LogP contribution in [0.15, 0.2) is 43.0 Å². The summed E-state index contributed by atoms with van der Waals surface area (Å²) >= 11 is 0. The number of rotatable bonds is 6. The van der Waals surface area contributed by atoms with E-state index in [1.54, 1.807) is 0 Å². The highest BCUT2D eigenvalue weighted by Gasteiger charge is 2.36. The molecule has 1 saturated heterocycles. The van der Waals surface area contributed by atoms with E-state index in [0.717, 1.165) is 38.5 Å². The summed E-state index contributed by atoms with van der Waals surface area (Å²) in [6.45, 7) is 6.67. The molecule has 1 aromatic carbocycles. The molecule has 1 amide bonds. The van der Waals surface area contributed by atoms with Gasteiger partial charge >= 0.3 is 0 Å². The maximum atomic E-state index is 12.5. The Bertz CT molecular complexity index is 509. The maximum Gasteiger partial charge on any atom is 0.223 e. The summed E-state index contributed by atoms with van der Waals surface area (Å²) in [7, 11) is 0. The third-order valence-corrected chi connectivity index (χ3v) is 4.77. The van der Waals surface area contributed by atoms with Crippen molar-refractivity contribution in [1.82, 2.24) is 9.80 Å². The van der Waals surface area contributed by atoms with E-state index in [1.807, 2.05) is 12.1 Å². The summed E-state index contributed by atoms with van der Waals surface area (Å²) in [5.41, 5.74) is 1.33. The second-order valence-electron chi connectivity index (χ2n) is 6.48. The molecule has 1 atom stereocenters. The summed E-state index contributed by atoms with van der Waals surface area (Å²) in [5, 5.41) is 0. The molecular formula is C19H26N2O. The van der Waals surface area contributed by atoms with E-state index in [9.17, 15) is 4.79 Å². The largest absolute Gasteiger partial charge is 0.337 e. The van der Waals surface area contributed by atoms with E-state index in [-0.39, 0.29) is 5.91 Å². The van der Waals surface area contributed by atoms with Crippen molar-refractivity contribution in [3.63, 3.8) is 0 Å². The first-order valence-corrected chi connectivity index (χ1v) is 8.46. The number of carbonyl (C=O) groups excluding carboxylic acids is 1. The molecule has 0 aromatic heterocycles. The molecule has 2 aliphatic rings. The summed E-state index contributed by atoms with van der Waals surface area (Å²) in [6, 6.07) is 11.7. The van der Waals surface area contributed by atoms with Crippen LogP contribution in [-0.2, 0) is 11.2 Å². The molecule has 1 aliphatic carbocycles. The van der Waals surface area contributed by atoms with Gasteiger partial charge in [0.15, 0.2) is 0 Å². The average Bonchev–Trinajstić information content (AvgIpc) is 3.38. The van der Waals surface area contributed by atoms with Gasteiger partial charge in [-0.1, -0.05) is 36.4 Å². The lowest BCUT2D eigenvalue weighted by Gasteiger charge is -2.42. The number of amides is 1. The van der Waals surface area contributed by atoms with E-state index < -0.39 is 0 Å². The standard InChI is InChI=1S/C19H26N2O/c1-2-3-9-19(22)21-13-12-20(17-10-11-17)15-18(21)14-16-7-5-4-6-8-16/h2,4-8,17-18H,1,3,9-15H2. The lowest BCUT2D eigenvalue weighted by Crippen LogP contribution is -2.56. The van der Waals surface area contributed by atoms with Crippen molar-refractivity contribution in [3.05, 3.63) is 48.6 Å². The van der Waals surface area contributed by atoms with Crippen LogP contribution in [0.2, 0.25) is 0 Å². The smallest absolute Gasteiger partial charge is 0.223 e. The van der Waals surface area contributed by atoms with Gasteiger partial charge in [0.25, 0.3) is 0 Å². The Morgan fingerprint density at radius 2 is 2.00 bits per heavy atom. The molecule has 2 fully saturated rings. The SMILES string of the molecule is C=CCCC(=O)N1CCN(C2CC2)CC1Cc1ccccc1. The van der Waals surface area contributed by atoms with Crippen molar-refractivity contribution in [2.75, 3.05) is 19.6 Å². The zero-order valence-corrected chi connectivity index (χ0v) is 13.3. The Morgan fingerprint density at radius 3 is 2.68 bits per heavy atom. The Kier molecular flexibility index (Phi) is 4.94. The van der Waals surface area contributed by atoms with Gasteiger partial charge in [0, 0.05) is 38.1 Å². The molecule has 1 aromatic rings. The highest BCUT2D eigenvalue weighted by atomic mass is 16.2. The third kappa shape index (κ3) is 3.77. The zero-order valence-electron chi connectivity index (χ0n) is 13.3. The molecular weight excluding hydrogens is 272 g/mol. The fourth-order valence-electron chi connectivity index (χ4n) is 3.41. The summed E-state index contributed by atoms with van der Waals surface area (Å²) in [5.74, 6) is 0.288. The maximum absolute atomic E-state index is 12.5. The minimum absolute atomic E-state index is 0.288. The van der Waals surface area contributed by atoms with Crippen molar-refractivity contribution in [2.45, 2.75) is 44.2 Å². The number of piperazine rings is 1. The zero-order chi connectivity index (χ0) is 15.4. The number of allylic oxidation sites excluding steroid dienone is 1. The average molecular weight is 298 g/mol. The molecule has 22 heavy (non-hydrogen) atoms. The van der Waals surface area contributed by atoms with Crippen LogP contribution in [0.25, 0.3) is 0 Å². The molecule has 1 saturated carbocycles. The van der Waals surface area contributed by atoms with Crippen molar-refractivity contribution < 1.29 is 4.79 Å². The molecule has 0 bridgehead atoms. The lowest BCUT2D eigenvalue weighted by molar-refractivity contribution is -0.136. The molecule has 1 aliphatic heterocycles. The molecule has 0 N–H and O–H groups in total. The van der Waals surface area contributed by atoms with Crippen LogP contribution < -0.4 is 0 Å². The Labute approximate surface area is 133 Å². The van der Waals surface area contributed by atoms with Crippen LogP contribution >= 0.6 is 0 Å².